The zero-order valence-corrected chi connectivity index (χ0v) is 13.7. The summed E-state index contributed by atoms with van der Waals surface area (Å²) < 4.78 is 10.8. The molecule has 0 fully saturated rings. The Balaban J connectivity index is 2.03. The second kappa shape index (κ2) is 5.17. The number of likely N-dealkylation sites (N-methyl/N-ethyl adjacent to an activating group) is 1. The number of aromatic hydroxyl groups is 1. The molecule has 0 spiro atoms. The normalized spacial score (nSPS) is 19.0. The number of benzene rings is 2. The van der Waals surface area contributed by atoms with E-state index in [1.807, 2.05) is 18.2 Å². The maximum atomic E-state index is 10.8. The molecule has 2 aromatic rings. The molecule has 4 nitrogen and oxygen atoms in total. The van der Waals surface area contributed by atoms with Crippen molar-refractivity contribution < 1.29 is 14.6 Å². The second-order valence-electron chi connectivity index (χ2n) is 6.35. The van der Waals surface area contributed by atoms with Crippen LogP contribution in [0, 0.1) is 0 Å². The third-order valence-electron chi connectivity index (χ3n) is 5.20. The van der Waals surface area contributed by atoms with Gasteiger partial charge in [0.2, 0.25) is 0 Å². The van der Waals surface area contributed by atoms with Crippen LogP contribution in [-0.4, -0.2) is 37.8 Å². The SMILES string of the molecule is COc1ccc2c(c1)C[C@H]1c3c(cc(OC)c(O)c3-2)CCN1C. The van der Waals surface area contributed by atoms with Gasteiger partial charge < -0.3 is 14.6 Å². The molecular weight excluding hydrogens is 290 g/mol. The van der Waals surface area contributed by atoms with Gasteiger partial charge in [0.1, 0.15) is 5.75 Å². The van der Waals surface area contributed by atoms with Crippen molar-refractivity contribution >= 4 is 0 Å². The summed E-state index contributed by atoms with van der Waals surface area (Å²) in [5.41, 5.74) is 5.78. The zero-order chi connectivity index (χ0) is 16.1. The summed E-state index contributed by atoms with van der Waals surface area (Å²) >= 11 is 0. The van der Waals surface area contributed by atoms with Crippen molar-refractivity contribution in [1.29, 1.82) is 0 Å². The Morgan fingerprint density at radius 2 is 1.96 bits per heavy atom. The van der Waals surface area contributed by atoms with E-state index in [1.165, 1.54) is 16.7 Å². The van der Waals surface area contributed by atoms with Crippen molar-refractivity contribution in [3.63, 3.8) is 0 Å². The Morgan fingerprint density at radius 3 is 2.70 bits per heavy atom. The smallest absolute Gasteiger partial charge is 0.166 e. The summed E-state index contributed by atoms with van der Waals surface area (Å²) in [5, 5.41) is 10.8. The van der Waals surface area contributed by atoms with E-state index in [0.29, 0.717) is 11.8 Å². The van der Waals surface area contributed by atoms with Crippen LogP contribution in [-0.2, 0) is 12.8 Å². The largest absolute Gasteiger partial charge is 0.504 e. The molecule has 0 bridgehead atoms. The van der Waals surface area contributed by atoms with E-state index in [2.05, 4.69) is 18.0 Å². The Bertz CT molecular complexity index is 785. The molecule has 1 aliphatic carbocycles. The van der Waals surface area contributed by atoms with Crippen LogP contribution in [0.15, 0.2) is 24.3 Å². The molecule has 0 radical (unpaired) electrons. The first-order valence-electron chi connectivity index (χ1n) is 7.94. The summed E-state index contributed by atoms with van der Waals surface area (Å²) in [6.45, 7) is 1.02. The fraction of sp³-hybridized carbons (Fsp3) is 0.368. The minimum Gasteiger partial charge on any atom is -0.504 e. The van der Waals surface area contributed by atoms with Gasteiger partial charge in [0.05, 0.1) is 14.2 Å². The Morgan fingerprint density at radius 1 is 1.13 bits per heavy atom. The van der Waals surface area contributed by atoms with Crippen molar-refractivity contribution in [2.75, 3.05) is 27.8 Å². The Kier molecular flexibility index (Phi) is 3.23. The van der Waals surface area contributed by atoms with Gasteiger partial charge >= 0.3 is 0 Å². The van der Waals surface area contributed by atoms with Crippen molar-refractivity contribution in [3.05, 3.63) is 41.0 Å². The molecule has 1 heterocycles. The van der Waals surface area contributed by atoms with Crippen LogP contribution in [0.1, 0.15) is 22.7 Å². The van der Waals surface area contributed by atoms with Gasteiger partial charge in [0.25, 0.3) is 0 Å². The molecule has 4 heteroatoms. The third kappa shape index (κ3) is 2.01. The van der Waals surface area contributed by atoms with Crippen molar-refractivity contribution in [2.45, 2.75) is 18.9 Å². The quantitative estimate of drug-likeness (QED) is 0.925. The maximum Gasteiger partial charge on any atom is 0.166 e. The number of ether oxygens (including phenoxy) is 2. The highest BCUT2D eigenvalue weighted by Crippen LogP contribution is 2.52. The van der Waals surface area contributed by atoms with Crippen LogP contribution in [0.2, 0.25) is 0 Å². The van der Waals surface area contributed by atoms with Crippen LogP contribution in [0.3, 0.4) is 0 Å². The lowest BCUT2D eigenvalue weighted by Crippen LogP contribution is -2.35. The van der Waals surface area contributed by atoms with Crippen molar-refractivity contribution in [1.82, 2.24) is 4.90 Å². The molecule has 0 unspecified atom stereocenters. The van der Waals surface area contributed by atoms with Crippen LogP contribution < -0.4 is 9.47 Å². The predicted molar refractivity (Wildman–Crippen MR) is 89.4 cm³/mol. The first-order valence-corrected chi connectivity index (χ1v) is 7.94. The van der Waals surface area contributed by atoms with Crippen LogP contribution in [0.5, 0.6) is 17.2 Å². The van der Waals surface area contributed by atoms with Gasteiger partial charge in [-0.1, -0.05) is 6.07 Å². The average molecular weight is 311 g/mol. The standard InChI is InChI=1S/C19H21NO3/c1-20-7-6-11-10-16(23-3)19(21)18-14-5-4-13(22-2)8-12(14)9-15(20)17(11)18/h4-5,8,10,15,21H,6-7,9H2,1-3H3/t15-/m0/s1. The van der Waals surface area contributed by atoms with Gasteiger partial charge in [-0.05, 0) is 60.3 Å². The topological polar surface area (TPSA) is 41.9 Å². The van der Waals surface area contributed by atoms with Gasteiger partial charge in [0, 0.05) is 18.2 Å². The van der Waals surface area contributed by atoms with E-state index in [-0.39, 0.29) is 5.75 Å². The summed E-state index contributed by atoms with van der Waals surface area (Å²) in [6.07, 6.45) is 1.92. The fourth-order valence-corrected chi connectivity index (χ4v) is 3.98. The molecule has 1 aliphatic heterocycles. The van der Waals surface area contributed by atoms with Crippen LogP contribution >= 0.6 is 0 Å². The minimum absolute atomic E-state index is 0.248. The summed E-state index contributed by atoms with van der Waals surface area (Å²) in [4.78, 5) is 2.38. The molecule has 23 heavy (non-hydrogen) atoms. The van der Waals surface area contributed by atoms with Crippen LogP contribution in [0.4, 0.5) is 0 Å². The average Bonchev–Trinajstić information content (AvgIpc) is 2.58. The number of hydrogen-bond acceptors (Lipinski definition) is 4. The van der Waals surface area contributed by atoms with E-state index >= 15 is 0 Å². The number of phenols is 1. The Hall–Kier alpha value is -2.20. The summed E-state index contributed by atoms with van der Waals surface area (Å²) in [5.74, 6) is 1.66. The molecule has 4 rings (SSSR count). The van der Waals surface area contributed by atoms with Crippen molar-refractivity contribution in [3.8, 4) is 28.4 Å². The van der Waals surface area contributed by atoms with Gasteiger partial charge in [-0.3, -0.25) is 4.90 Å². The summed E-state index contributed by atoms with van der Waals surface area (Å²) in [7, 11) is 5.45. The van der Waals surface area contributed by atoms with E-state index in [4.69, 9.17) is 9.47 Å². The predicted octanol–water partition coefficient (Wildman–Crippen LogP) is 3.16. The molecule has 0 aromatic heterocycles. The van der Waals surface area contributed by atoms with Gasteiger partial charge in [-0.25, -0.2) is 0 Å². The number of fused-ring (bicyclic) bond motifs is 2. The fourth-order valence-electron chi connectivity index (χ4n) is 3.98. The van der Waals surface area contributed by atoms with E-state index in [9.17, 15) is 5.11 Å². The second-order valence-corrected chi connectivity index (χ2v) is 6.35. The molecule has 0 amide bonds. The number of rotatable bonds is 2. The van der Waals surface area contributed by atoms with Crippen molar-refractivity contribution in [2.24, 2.45) is 0 Å². The first-order chi connectivity index (χ1) is 11.1. The number of hydrogen-bond donors (Lipinski definition) is 1. The maximum absolute atomic E-state index is 10.8. The third-order valence-corrected chi connectivity index (χ3v) is 5.20. The highest BCUT2D eigenvalue weighted by atomic mass is 16.5. The monoisotopic (exact) mass is 311 g/mol. The van der Waals surface area contributed by atoms with Gasteiger partial charge in [0.15, 0.2) is 11.5 Å². The summed E-state index contributed by atoms with van der Waals surface area (Å²) in [6, 6.07) is 8.39. The Labute approximate surface area is 136 Å². The molecular formula is C19H21NO3. The number of methoxy groups -OCH3 is 2. The molecule has 0 saturated carbocycles. The van der Waals surface area contributed by atoms with Crippen LogP contribution in [0.25, 0.3) is 11.1 Å². The molecule has 0 saturated heterocycles. The van der Waals surface area contributed by atoms with E-state index in [0.717, 1.165) is 36.3 Å². The molecule has 2 aliphatic rings. The van der Waals surface area contributed by atoms with E-state index in [1.54, 1.807) is 14.2 Å². The molecule has 1 atom stereocenters. The lowest BCUT2D eigenvalue weighted by atomic mass is 9.76. The number of phenolic OH excluding ortho intramolecular Hbond substituents is 1. The zero-order valence-electron chi connectivity index (χ0n) is 13.7. The minimum atomic E-state index is 0.248. The highest BCUT2D eigenvalue weighted by Gasteiger charge is 2.35. The number of nitrogens with zero attached hydrogens (tertiary/aromatic N) is 1. The van der Waals surface area contributed by atoms with Gasteiger partial charge in [-0.15, -0.1) is 0 Å². The molecule has 2 aromatic carbocycles. The lowest BCUT2D eigenvalue weighted by Gasteiger charge is -2.40. The highest BCUT2D eigenvalue weighted by molar-refractivity contribution is 5.83. The lowest BCUT2D eigenvalue weighted by molar-refractivity contribution is 0.226. The first kappa shape index (κ1) is 14.4. The molecule has 1 N–H and O–H groups in total. The molecule has 120 valence electrons. The van der Waals surface area contributed by atoms with Gasteiger partial charge in [-0.2, -0.15) is 0 Å². The van der Waals surface area contributed by atoms with E-state index < -0.39 is 0 Å².